The van der Waals surface area contributed by atoms with Crippen LogP contribution < -0.4 is 11.1 Å². The summed E-state index contributed by atoms with van der Waals surface area (Å²) in [6.45, 7) is 0.851. The van der Waals surface area contributed by atoms with Gasteiger partial charge in [0.2, 0.25) is 0 Å². The number of nitrogens with two attached hydrogens (primary N) is 1. The molecule has 0 aliphatic carbocycles. The number of nitro benzene ring substituents is 1. The highest BCUT2D eigenvalue weighted by Crippen LogP contribution is 2.16. The van der Waals surface area contributed by atoms with Crippen LogP contribution in [-0.4, -0.2) is 24.2 Å². The number of rotatable bonds is 6. The Balaban J connectivity index is 2.41. The van der Waals surface area contributed by atoms with Crippen LogP contribution in [-0.2, 0) is 11.3 Å². The van der Waals surface area contributed by atoms with Crippen LogP contribution in [0, 0.1) is 10.1 Å². The van der Waals surface area contributed by atoms with E-state index in [0.29, 0.717) is 18.7 Å². The summed E-state index contributed by atoms with van der Waals surface area (Å²) in [5, 5.41) is 13.6. The number of nitrogens with one attached hydrogen (secondary N) is 1. The summed E-state index contributed by atoms with van der Waals surface area (Å²) < 4.78 is 4.50. The second kappa shape index (κ2) is 6.44. The minimum atomic E-state index is -0.836. The molecule has 0 heterocycles. The maximum absolute atomic E-state index is 10.7. The monoisotopic (exact) mass is 239 g/mol. The van der Waals surface area contributed by atoms with Gasteiger partial charge in [-0.2, -0.15) is 0 Å². The first kappa shape index (κ1) is 12.9. The highest BCUT2D eigenvalue weighted by atomic mass is 16.6. The summed E-state index contributed by atoms with van der Waals surface area (Å²) >= 11 is 0. The molecule has 0 atom stereocenters. The normalized spacial score (nSPS) is 9.88. The van der Waals surface area contributed by atoms with E-state index in [0.717, 1.165) is 0 Å². The molecule has 7 heteroatoms. The number of nitrogens with zero attached hydrogens (tertiary/aromatic N) is 1. The number of amides is 1. The van der Waals surface area contributed by atoms with Gasteiger partial charge in [0.05, 0.1) is 4.92 Å². The quantitative estimate of drug-likeness (QED) is 0.433. The molecule has 3 N–H and O–H groups in total. The van der Waals surface area contributed by atoms with Crippen LogP contribution in [0.1, 0.15) is 5.56 Å². The zero-order valence-corrected chi connectivity index (χ0v) is 9.09. The van der Waals surface area contributed by atoms with E-state index in [2.05, 4.69) is 10.1 Å². The molecule has 92 valence electrons. The molecule has 0 radical (unpaired) electrons. The standard InChI is InChI=1S/C10H13N3O4/c11-10(14)17-6-5-12-7-8-3-1-2-4-9(8)13(15)16/h1-4,12H,5-7H2,(H2,11,14). The average molecular weight is 239 g/mol. The first-order valence-electron chi connectivity index (χ1n) is 4.96. The van der Waals surface area contributed by atoms with E-state index in [1.54, 1.807) is 18.2 Å². The minimum absolute atomic E-state index is 0.0656. The van der Waals surface area contributed by atoms with Gasteiger partial charge < -0.3 is 15.8 Å². The van der Waals surface area contributed by atoms with Gasteiger partial charge in [-0.3, -0.25) is 10.1 Å². The molecule has 1 rings (SSSR count). The van der Waals surface area contributed by atoms with Crippen molar-refractivity contribution in [3.63, 3.8) is 0 Å². The minimum Gasteiger partial charge on any atom is -0.448 e. The second-order valence-electron chi connectivity index (χ2n) is 3.23. The van der Waals surface area contributed by atoms with Gasteiger partial charge in [0.25, 0.3) is 5.69 Å². The van der Waals surface area contributed by atoms with Crippen LogP contribution in [0.3, 0.4) is 0 Å². The summed E-state index contributed by atoms with van der Waals surface area (Å²) in [6, 6.07) is 6.44. The zero-order valence-electron chi connectivity index (χ0n) is 9.09. The molecule has 0 bridgehead atoms. The number of hydrogen-bond donors (Lipinski definition) is 2. The summed E-state index contributed by atoms with van der Waals surface area (Å²) in [6.07, 6.45) is -0.836. The summed E-state index contributed by atoms with van der Waals surface area (Å²) in [7, 11) is 0. The van der Waals surface area contributed by atoms with Crippen LogP contribution in [0.2, 0.25) is 0 Å². The lowest BCUT2D eigenvalue weighted by atomic mass is 10.2. The Labute approximate surface area is 97.7 Å². The number of nitro groups is 1. The summed E-state index contributed by atoms with van der Waals surface area (Å²) in [5.74, 6) is 0. The molecule has 0 fully saturated rings. The lowest BCUT2D eigenvalue weighted by Gasteiger charge is -2.05. The Hall–Kier alpha value is -2.15. The van der Waals surface area contributed by atoms with E-state index in [9.17, 15) is 14.9 Å². The molecule has 0 aliphatic heterocycles. The van der Waals surface area contributed by atoms with Gasteiger partial charge >= 0.3 is 6.09 Å². The van der Waals surface area contributed by atoms with Crippen LogP contribution in [0.15, 0.2) is 24.3 Å². The first-order chi connectivity index (χ1) is 8.11. The molecule has 0 saturated carbocycles. The molecule has 1 aromatic carbocycles. The van der Waals surface area contributed by atoms with Gasteiger partial charge in [0.1, 0.15) is 6.61 Å². The number of hydrogen-bond acceptors (Lipinski definition) is 5. The van der Waals surface area contributed by atoms with Crippen molar-refractivity contribution in [2.24, 2.45) is 5.73 Å². The lowest BCUT2D eigenvalue weighted by Crippen LogP contribution is -2.23. The molecule has 1 aromatic rings. The highest BCUT2D eigenvalue weighted by Gasteiger charge is 2.11. The predicted molar refractivity (Wildman–Crippen MR) is 60.3 cm³/mol. The van der Waals surface area contributed by atoms with Crippen molar-refractivity contribution in [3.05, 3.63) is 39.9 Å². The fraction of sp³-hybridized carbons (Fsp3) is 0.300. The van der Waals surface area contributed by atoms with Crippen molar-refractivity contribution in [2.45, 2.75) is 6.54 Å². The van der Waals surface area contributed by atoms with Crippen molar-refractivity contribution in [1.29, 1.82) is 0 Å². The predicted octanol–water partition coefficient (Wildman–Crippen LogP) is 0.780. The van der Waals surface area contributed by atoms with Crippen LogP contribution in [0.25, 0.3) is 0 Å². The summed E-state index contributed by atoms with van der Waals surface area (Å²) in [4.78, 5) is 20.5. The van der Waals surface area contributed by atoms with Gasteiger partial charge in [0, 0.05) is 24.7 Å². The number of benzene rings is 1. The van der Waals surface area contributed by atoms with Crippen LogP contribution in [0.5, 0.6) is 0 Å². The molecule has 0 saturated heterocycles. The third-order valence-electron chi connectivity index (χ3n) is 2.03. The third kappa shape index (κ3) is 4.47. The van der Waals surface area contributed by atoms with Gasteiger partial charge in [-0.15, -0.1) is 0 Å². The van der Waals surface area contributed by atoms with Crippen LogP contribution in [0.4, 0.5) is 10.5 Å². The van der Waals surface area contributed by atoms with Gasteiger partial charge in [-0.05, 0) is 0 Å². The smallest absolute Gasteiger partial charge is 0.404 e. The largest absolute Gasteiger partial charge is 0.448 e. The van der Waals surface area contributed by atoms with Gasteiger partial charge in [-0.1, -0.05) is 18.2 Å². The molecule has 1 amide bonds. The molecule has 17 heavy (non-hydrogen) atoms. The van der Waals surface area contributed by atoms with Gasteiger partial charge in [-0.25, -0.2) is 4.79 Å². The second-order valence-corrected chi connectivity index (χ2v) is 3.23. The Kier molecular flexibility index (Phi) is 4.89. The molecule has 0 aliphatic rings. The number of primary amides is 1. The maximum Gasteiger partial charge on any atom is 0.404 e. The molecular formula is C10H13N3O4. The summed E-state index contributed by atoms with van der Waals surface area (Å²) in [5.41, 5.74) is 5.42. The van der Waals surface area contributed by atoms with E-state index in [-0.39, 0.29) is 12.3 Å². The zero-order chi connectivity index (χ0) is 12.7. The molecule has 7 nitrogen and oxygen atoms in total. The SMILES string of the molecule is NC(=O)OCCNCc1ccccc1[N+](=O)[O-]. The highest BCUT2D eigenvalue weighted by molar-refractivity contribution is 5.64. The van der Waals surface area contributed by atoms with E-state index in [4.69, 9.17) is 5.73 Å². The Morgan fingerprint density at radius 3 is 2.82 bits per heavy atom. The fourth-order valence-electron chi connectivity index (χ4n) is 1.29. The van der Waals surface area contributed by atoms with E-state index in [1.807, 2.05) is 0 Å². The molecule has 0 unspecified atom stereocenters. The van der Waals surface area contributed by atoms with Gasteiger partial charge in [0.15, 0.2) is 0 Å². The molecular weight excluding hydrogens is 226 g/mol. The number of carbonyl (C=O) groups is 1. The van der Waals surface area contributed by atoms with Crippen molar-refractivity contribution < 1.29 is 14.5 Å². The first-order valence-corrected chi connectivity index (χ1v) is 4.96. The Morgan fingerprint density at radius 2 is 2.18 bits per heavy atom. The lowest BCUT2D eigenvalue weighted by molar-refractivity contribution is -0.385. The van der Waals surface area contributed by atoms with Crippen molar-refractivity contribution in [1.82, 2.24) is 5.32 Å². The maximum atomic E-state index is 10.7. The third-order valence-corrected chi connectivity index (χ3v) is 2.03. The Bertz CT molecular complexity index is 408. The van der Waals surface area contributed by atoms with Crippen LogP contribution >= 0.6 is 0 Å². The number of para-hydroxylation sites is 1. The fourth-order valence-corrected chi connectivity index (χ4v) is 1.29. The topological polar surface area (TPSA) is 107 Å². The molecule has 0 aromatic heterocycles. The van der Waals surface area contributed by atoms with E-state index < -0.39 is 11.0 Å². The van der Waals surface area contributed by atoms with E-state index >= 15 is 0 Å². The number of carbonyl (C=O) groups excluding carboxylic acids is 1. The van der Waals surface area contributed by atoms with E-state index in [1.165, 1.54) is 6.07 Å². The molecule has 0 spiro atoms. The van der Waals surface area contributed by atoms with Crippen molar-refractivity contribution in [3.8, 4) is 0 Å². The average Bonchev–Trinajstić information content (AvgIpc) is 2.28. The number of ether oxygens (including phenoxy) is 1. The van der Waals surface area contributed by atoms with Crippen molar-refractivity contribution in [2.75, 3.05) is 13.2 Å². The Morgan fingerprint density at radius 1 is 1.47 bits per heavy atom. The van der Waals surface area contributed by atoms with Crippen molar-refractivity contribution >= 4 is 11.8 Å².